The summed E-state index contributed by atoms with van der Waals surface area (Å²) in [5.74, 6) is 3.27. The van der Waals surface area contributed by atoms with E-state index in [0.717, 1.165) is 24.5 Å². The Morgan fingerprint density at radius 2 is 2.16 bits per heavy atom. The Morgan fingerprint density at radius 1 is 1.37 bits per heavy atom. The molecule has 2 aromatic rings. The zero-order chi connectivity index (χ0) is 13.4. The van der Waals surface area contributed by atoms with Crippen LogP contribution in [0.4, 0.5) is 5.82 Å². The number of aryl methyl sites for hydroxylation is 1. The summed E-state index contributed by atoms with van der Waals surface area (Å²) in [6.07, 6.45) is 2.29. The topological polar surface area (TPSA) is 67.9 Å². The Morgan fingerprint density at radius 3 is 2.79 bits per heavy atom. The molecule has 0 amide bonds. The molecule has 0 aliphatic heterocycles. The number of hydrogen-bond donors (Lipinski definition) is 0. The van der Waals surface area contributed by atoms with E-state index in [0.29, 0.717) is 29.3 Å². The van der Waals surface area contributed by atoms with Crippen molar-refractivity contribution in [1.29, 1.82) is 0 Å². The monoisotopic (exact) mass is 279 g/mol. The van der Waals surface area contributed by atoms with E-state index in [1.165, 1.54) is 0 Å². The van der Waals surface area contributed by atoms with Crippen LogP contribution < -0.4 is 4.90 Å². The van der Waals surface area contributed by atoms with E-state index >= 15 is 0 Å². The summed E-state index contributed by atoms with van der Waals surface area (Å²) in [5, 5.41) is 4.34. The van der Waals surface area contributed by atoms with Crippen LogP contribution in [0.3, 0.4) is 0 Å². The summed E-state index contributed by atoms with van der Waals surface area (Å²) in [6, 6.07) is 1.75. The van der Waals surface area contributed by atoms with Gasteiger partial charge in [-0.1, -0.05) is 16.8 Å². The Kier molecular flexibility index (Phi) is 3.10. The fourth-order valence-electron chi connectivity index (χ4n) is 1.84. The highest BCUT2D eigenvalue weighted by atomic mass is 35.5. The smallest absolute Gasteiger partial charge is 0.223 e. The summed E-state index contributed by atoms with van der Waals surface area (Å²) >= 11 is 6.05. The van der Waals surface area contributed by atoms with Gasteiger partial charge in [0, 0.05) is 26.0 Å². The zero-order valence-electron chi connectivity index (χ0n) is 10.8. The number of rotatable bonds is 4. The summed E-state index contributed by atoms with van der Waals surface area (Å²) in [7, 11) is 1.92. The van der Waals surface area contributed by atoms with E-state index in [-0.39, 0.29) is 0 Å². The third kappa shape index (κ3) is 2.84. The largest absolute Gasteiger partial charge is 0.352 e. The minimum absolute atomic E-state index is 0.471. The molecule has 1 aliphatic carbocycles. The first-order chi connectivity index (χ1) is 9.11. The SMILES string of the molecule is Cc1nc(CN(C)c2cc(Cl)nc(C3CC3)n2)no1. The van der Waals surface area contributed by atoms with Crippen molar-refractivity contribution in [3.63, 3.8) is 0 Å². The third-order valence-corrected chi connectivity index (χ3v) is 3.17. The minimum atomic E-state index is 0.471. The number of halogens is 1. The molecular weight excluding hydrogens is 266 g/mol. The van der Waals surface area contributed by atoms with Gasteiger partial charge in [-0.05, 0) is 12.8 Å². The van der Waals surface area contributed by atoms with E-state index in [9.17, 15) is 0 Å². The van der Waals surface area contributed by atoms with Crippen molar-refractivity contribution >= 4 is 17.4 Å². The lowest BCUT2D eigenvalue weighted by Crippen LogP contribution is -2.19. The van der Waals surface area contributed by atoms with Gasteiger partial charge in [0.2, 0.25) is 5.89 Å². The number of nitrogens with zero attached hydrogens (tertiary/aromatic N) is 5. The predicted molar refractivity (Wildman–Crippen MR) is 70.2 cm³/mol. The van der Waals surface area contributed by atoms with Crippen molar-refractivity contribution in [2.75, 3.05) is 11.9 Å². The Labute approximate surface area is 115 Å². The van der Waals surface area contributed by atoms with Crippen molar-refractivity contribution in [1.82, 2.24) is 20.1 Å². The summed E-state index contributed by atoms with van der Waals surface area (Å²) in [6.45, 7) is 2.29. The molecule has 2 aromatic heterocycles. The van der Waals surface area contributed by atoms with Crippen molar-refractivity contribution in [3.05, 3.63) is 28.8 Å². The molecule has 0 saturated heterocycles. The van der Waals surface area contributed by atoms with Gasteiger partial charge in [0.15, 0.2) is 5.82 Å². The molecule has 0 spiro atoms. The molecule has 0 aromatic carbocycles. The third-order valence-electron chi connectivity index (χ3n) is 2.98. The van der Waals surface area contributed by atoms with E-state index in [1.54, 1.807) is 13.0 Å². The summed E-state index contributed by atoms with van der Waals surface area (Å²) in [4.78, 5) is 14.9. The highest BCUT2D eigenvalue weighted by Gasteiger charge is 2.27. The van der Waals surface area contributed by atoms with Crippen LogP contribution in [0.2, 0.25) is 5.15 Å². The predicted octanol–water partition coefficient (Wildman–Crippen LogP) is 2.34. The number of aromatic nitrogens is 4. The summed E-state index contributed by atoms with van der Waals surface area (Å²) < 4.78 is 4.95. The van der Waals surface area contributed by atoms with Gasteiger partial charge in [0.05, 0.1) is 6.54 Å². The Balaban J connectivity index is 1.80. The molecule has 0 radical (unpaired) electrons. The lowest BCUT2D eigenvalue weighted by atomic mass is 10.4. The second-order valence-electron chi connectivity index (χ2n) is 4.77. The maximum absolute atomic E-state index is 6.05. The lowest BCUT2D eigenvalue weighted by molar-refractivity contribution is 0.387. The number of hydrogen-bond acceptors (Lipinski definition) is 6. The van der Waals surface area contributed by atoms with Crippen molar-refractivity contribution < 1.29 is 4.52 Å². The van der Waals surface area contributed by atoms with E-state index in [4.69, 9.17) is 16.1 Å². The Hall–Kier alpha value is -1.69. The molecule has 6 nitrogen and oxygen atoms in total. The average Bonchev–Trinajstić information content (AvgIpc) is 3.13. The van der Waals surface area contributed by atoms with Gasteiger partial charge in [-0.3, -0.25) is 0 Å². The van der Waals surface area contributed by atoms with Gasteiger partial charge in [0.1, 0.15) is 16.8 Å². The van der Waals surface area contributed by atoms with Gasteiger partial charge < -0.3 is 9.42 Å². The van der Waals surface area contributed by atoms with Crippen LogP contribution in [0.25, 0.3) is 0 Å². The molecule has 0 unspecified atom stereocenters. The highest BCUT2D eigenvalue weighted by molar-refractivity contribution is 6.29. The normalized spacial score (nSPS) is 14.7. The van der Waals surface area contributed by atoms with Crippen LogP contribution in [-0.2, 0) is 6.54 Å². The van der Waals surface area contributed by atoms with Crippen LogP contribution in [0, 0.1) is 6.92 Å². The van der Waals surface area contributed by atoms with Crippen molar-refractivity contribution in [3.8, 4) is 0 Å². The van der Waals surface area contributed by atoms with Gasteiger partial charge in [0.25, 0.3) is 0 Å². The van der Waals surface area contributed by atoms with Gasteiger partial charge in [-0.2, -0.15) is 4.98 Å². The maximum Gasteiger partial charge on any atom is 0.223 e. The second kappa shape index (κ2) is 4.77. The van der Waals surface area contributed by atoms with Crippen LogP contribution in [-0.4, -0.2) is 27.2 Å². The molecule has 0 bridgehead atoms. The first-order valence-corrected chi connectivity index (χ1v) is 6.54. The molecule has 0 N–H and O–H groups in total. The number of anilines is 1. The second-order valence-corrected chi connectivity index (χ2v) is 5.15. The quantitative estimate of drug-likeness (QED) is 0.800. The average molecular weight is 280 g/mol. The van der Waals surface area contributed by atoms with Crippen molar-refractivity contribution in [2.24, 2.45) is 0 Å². The molecular formula is C12H14ClN5O. The van der Waals surface area contributed by atoms with E-state index in [2.05, 4.69) is 20.1 Å². The Bertz CT molecular complexity index is 596. The van der Waals surface area contributed by atoms with Gasteiger partial charge in [-0.15, -0.1) is 0 Å². The van der Waals surface area contributed by atoms with Crippen LogP contribution in [0.5, 0.6) is 0 Å². The first kappa shape index (κ1) is 12.3. The van der Waals surface area contributed by atoms with Gasteiger partial charge >= 0.3 is 0 Å². The molecule has 100 valence electrons. The van der Waals surface area contributed by atoms with Crippen LogP contribution >= 0.6 is 11.6 Å². The molecule has 2 heterocycles. The minimum Gasteiger partial charge on any atom is -0.352 e. The van der Waals surface area contributed by atoms with Gasteiger partial charge in [-0.25, -0.2) is 9.97 Å². The standard InChI is InChI=1S/C12H14ClN5O/c1-7-14-10(17-19-7)6-18(2)11-5-9(13)15-12(16-11)8-3-4-8/h5,8H,3-4,6H2,1-2H3. The lowest BCUT2D eigenvalue weighted by Gasteiger charge is -2.16. The maximum atomic E-state index is 6.05. The summed E-state index contributed by atoms with van der Waals surface area (Å²) in [5.41, 5.74) is 0. The molecule has 1 aliphatic rings. The molecule has 19 heavy (non-hydrogen) atoms. The zero-order valence-corrected chi connectivity index (χ0v) is 11.6. The fraction of sp³-hybridized carbons (Fsp3) is 0.500. The molecule has 7 heteroatoms. The molecule has 0 atom stereocenters. The van der Waals surface area contributed by atoms with E-state index < -0.39 is 0 Å². The van der Waals surface area contributed by atoms with E-state index in [1.807, 2.05) is 11.9 Å². The van der Waals surface area contributed by atoms with Crippen LogP contribution in [0.1, 0.15) is 36.3 Å². The fourth-order valence-corrected chi connectivity index (χ4v) is 2.03. The molecule has 3 rings (SSSR count). The molecule has 1 saturated carbocycles. The van der Waals surface area contributed by atoms with Crippen LogP contribution in [0.15, 0.2) is 10.6 Å². The highest BCUT2D eigenvalue weighted by Crippen LogP contribution is 2.39. The molecule has 1 fully saturated rings. The first-order valence-electron chi connectivity index (χ1n) is 6.16. The van der Waals surface area contributed by atoms with Crippen molar-refractivity contribution in [2.45, 2.75) is 32.2 Å².